The number of carboxylic acid groups (broad SMARTS) is 1. The van der Waals surface area contributed by atoms with Crippen LogP contribution in [0.5, 0.6) is 0 Å². The zero-order valence-corrected chi connectivity index (χ0v) is 9.39. The number of carboxylic acids is 1. The monoisotopic (exact) mass is 227 g/mol. The molecule has 2 heterocycles. The summed E-state index contributed by atoms with van der Waals surface area (Å²) in [6.45, 7) is 3.66. The van der Waals surface area contributed by atoms with Gasteiger partial charge in [-0.05, 0) is 25.2 Å². The quantitative estimate of drug-likeness (QED) is 0.745. The summed E-state index contributed by atoms with van der Waals surface area (Å²) in [5.74, 6) is -0.459. The molecule has 1 unspecified atom stereocenters. The summed E-state index contributed by atoms with van der Waals surface area (Å²) in [6, 6.07) is 0. The summed E-state index contributed by atoms with van der Waals surface area (Å²) in [5, 5.41) is 8.77. The van der Waals surface area contributed by atoms with Crippen LogP contribution >= 0.6 is 0 Å². The molecule has 5 heteroatoms. The maximum atomic E-state index is 12.0. The van der Waals surface area contributed by atoms with Gasteiger partial charge in [-0.15, -0.1) is 0 Å². The van der Waals surface area contributed by atoms with Gasteiger partial charge in [0.25, 0.3) is 5.91 Å². The molecule has 0 saturated carbocycles. The molecule has 16 heavy (non-hydrogen) atoms. The van der Waals surface area contributed by atoms with Crippen molar-refractivity contribution >= 4 is 11.9 Å². The van der Waals surface area contributed by atoms with Gasteiger partial charge < -0.3 is 14.7 Å². The molecule has 2 fully saturated rings. The Kier molecular flexibility index (Phi) is 3.14. The van der Waals surface area contributed by atoms with E-state index in [-0.39, 0.29) is 5.91 Å². The zero-order chi connectivity index (χ0) is 11.7. The maximum absolute atomic E-state index is 12.0. The number of rotatable bonds is 2. The molecular weight excluding hydrogens is 210 g/mol. The van der Waals surface area contributed by atoms with Crippen molar-refractivity contribution in [2.75, 3.05) is 13.1 Å². The fourth-order valence-electron chi connectivity index (χ4n) is 2.34. The largest absolute Gasteiger partial charge is 0.479 e. The zero-order valence-electron chi connectivity index (χ0n) is 9.39. The Hall–Kier alpha value is -1.10. The number of carbonyl (C=O) groups excluding carboxylic acids is 1. The lowest BCUT2D eigenvalue weighted by Gasteiger charge is -2.20. The molecule has 0 aromatic carbocycles. The highest BCUT2D eigenvalue weighted by Crippen LogP contribution is 2.24. The van der Waals surface area contributed by atoms with Gasteiger partial charge in [-0.3, -0.25) is 4.79 Å². The second kappa shape index (κ2) is 4.41. The highest BCUT2D eigenvalue weighted by atomic mass is 16.5. The van der Waals surface area contributed by atoms with Crippen LogP contribution in [0.1, 0.15) is 26.2 Å². The van der Waals surface area contributed by atoms with Crippen molar-refractivity contribution in [1.29, 1.82) is 0 Å². The van der Waals surface area contributed by atoms with Gasteiger partial charge in [0.2, 0.25) is 0 Å². The highest BCUT2D eigenvalue weighted by molar-refractivity contribution is 5.83. The molecule has 0 aromatic heterocycles. The summed E-state index contributed by atoms with van der Waals surface area (Å²) in [6.07, 6.45) is 0.664. The van der Waals surface area contributed by atoms with Gasteiger partial charge in [0.05, 0.1) is 0 Å². The van der Waals surface area contributed by atoms with Gasteiger partial charge in [-0.1, -0.05) is 6.92 Å². The molecule has 90 valence electrons. The molecule has 2 saturated heterocycles. The van der Waals surface area contributed by atoms with E-state index in [1.807, 2.05) is 0 Å². The molecule has 5 nitrogen and oxygen atoms in total. The SMILES string of the molecule is CC1CCN(C(=O)[C@@H]2CC[C@H](C(=O)O)O2)C1. The van der Waals surface area contributed by atoms with Crippen molar-refractivity contribution in [3.8, 4) is 0 Å². The number of hydrogen-bond donors (Lipinski definition) is 1. The molecule has 0 aliphatic carbocycles. The number of nitrogens with zero attached hydrogens (tertiary/aromatic N) is 1. The average Bonchev–Trinajstić information content (AvgIpc) is 2.84. The van der Waals surface area contributed by atoms with Crippen LogP contribution in [0, 0.1) is 5.92 Å². The number of amides is 1. The van der Waals surface area contributed by atoms with E-state index in [1.54, 1.807) is 4.90 Å². The van der Waals surface area contributed by atoms with Crippen LogP contribution < -0.4 is 0 Å². The van der Waals surface area contributed by atoms with Gasteiger partial charge in [0, 0.05) is 13.1 Å². The lowest BCUT2D eigenvalue weighted by Crippen LogP contribution is -2.38. The molecule has 0 spiro atoms. The van der Waals surface area contributed by atoms with E-state index in [1.165, 1.54) is 0 Å². The first-order valence-electron chi connectivity index (χ1n) is 5.75. The van der Waals surface area contributed by atoms with Gasteiger partial charge in [0.15, 0.2) is 6.10 Å². The van der Waals surface area contributed by atoms with E-state index in [2.05, 4.69) is 6.92 Å². The molecule has 2 rings (SSSR count). The smallest absolute Gasteiger partial charge is 0.332 e. The summed E-state index contributed by atoms with van der Waals surface area (Å²) >= 11 is 0. The van der Waals surface area contributed by atoms with Crippen molar-refractivity contribution < 1.29 is 19.4 Å². The minimum absolute atomic E-state index is 0.0342. The van der Waals surface area contributed by atoms with Crippen LogP contribution in [0.3, 0.4) is 0 Å². The van der Waals surface area contributed by atoms with E-state index in [0.29, 0.717) is 18.8 Å². The van der Waals surface area contributed by atoms with Gasteiger partial charge in [0.1, 0.15) is 6.10 Å². The van der Waals surface area contributed by atoms with Gasteiger partial charge in [-0.25, -0.2) is 4.79 Å². The normalized spacial score (nSPS) is 34.3. The number of carbonyl (C=O) groups is 2. The molecule has 1 N–H and O–H groups in total. The first kappa shape index (κ1) is 11.4. The third-order valence-corrected chi connectivity index (χ3v) is 3.31. The van der Waals surface area contributed by atoms with Crippen LogP contribution in [0.25, 0.3) is 0 Å². The first-order valence-corrected chi connectivity index (χ1v) is 5.75. The fourth-order valence-corrected chi connectivity index (χ4v) is 2.34. The lowest BCUT2D eigenvalue weighted by atomic mass is 10.1. The minimum Gasteiger partial charge on any atom is -0.479 e. The summed E-state index contributed by atoms with van der Waals surface area (Å²) in [4.78, 5) is 24.5. The van der Waals surface area contributed by atoms with Crippen molar-refractivity contribution in [1.82, 2.24) is 4.90 Å². The lowest BCUT2D eigenvalue weighted by molar-refractivity contribution is -0.154. The topological polar surface area (TPSA) is 66.8 Å². The Balaban J connectivity index is 1.89. The maximum Gasteiger partial charge on any atom is 0.332 e. The summed E-state index contributed by atoms with van der Waals surface area (Å²) in [7, 11) is 0. The molecule has 3 atom stereocenters. The third kappa shape index (κ3) is 2.19. The number of hydrogen-bond acceptors (Lipinski definition) is 3. The molecular formula is C11H17NO4. The average molecular weight is 227 g/mol. The molecule has 0 radical (unpaired) electrons. The number of ether oxygens (including phenoxy) is 1. The van der Waals surface area contributed by atoms with Crippen LogP contribution in [-0.2, 0) is 14.3 Å². The van der Waals surface area contributed by atoms with E-state index in [9.17, 15) is 9.59 Å². The van der Waals surface area contributed by atoms with E-state index < -0.39 is 18.2 Å². The number of aliphatic carboxylic acids is 1. The van der Waals surface area contributed by atoms with Crippen molar-refractivity contribution in [2.45, 2.75) is 38.4 Å². The number of likely N-dealkylation sites (tertiary alicyclic amines) is 1. The Morgan fingerprint density at radius 3 is 2.44 bits per heavy atom. The minimum atomic E-state index is -0.968. The van der Waals surface area contributed by atoms with Crippen LogP contribution in [-0.4, -0.2) is 47.2 Å². The van der Waals surface area contributed by atoms with Crippen molar-refractivity contribution in [2.24, 2.45) is 5.92 Å². The van der Waals surface area contributed by atoms with Crippen LogP contribution in [0.15, 0.2) is 0 Å². The molecule has 1 amide bonds. The highest BCUT2D eigenvalue weighted by Gasteiger charge is 2.38. The second-order valence-electron chi connectivity index (χ2n) is 4.71. The van der Waals surface area contributed by atoms with Gasteiger partial charge in [-0.2, -0.15) is 0 Å². The van der Waals surface area contributed by atoms with E-state index in [0.717, 1.165) is 19.5 Å². The Morgan fingerprint density at radius 2 is 1.94 bits per heavy atom. The van der Waals surface area contributed by atoms with Crippen molar-refractivity contribution in [3.05, 3.63) is 0 Å². The van der Waals surface area contributed by atoms with Crippen LogP contribution in [0.2, 0.25) is 0 Å². The van der Waals surface area contributed by atoms with Gasteiger partial charge >= 0.3 is 5.97 Å². The van der Waals surface area contributed by atoms with Crippen LogP contribution in [0.4, 0.5) is 0 Å². The fraction of sp³-hybridized carbons (Fsp3) is 0.818. The van der Waals surface area contributed by atoms with Crippen molar-refractivity contribution in [3.63, 3.8) is 0 Å². The Labute approximate surface area is 94.4 Å². The molecule has 2 aliphatic rings. The Morgan fingerprint density at radius 1 is 1.25 bits per heavy atom. The summed E-state index contributed by atoms with van der Waals surface area (Å²) < 4.78 is 5.24. The molecule has 0 aromatic rings. The second-order valence-corrected chi connectivity index (χ2v) is 4.71. The molecule has 0 bridgehead atoms. The third-order valence-electron chi connectivity index (χ3n) is 3.31. The Bertz CT molecular complexity index is 304. The predicted molar refractivity (Wildman–Crippen MR) is 55.9 cm³/mol. The van der Waals surface area contributed by atoms with E-state index in [4.69, 9.17) is 9.84 Å². The predicted octanol–water partition coefficient (Wildman–Crippen LogP) is 0.487. The summed E-state index contributed by atoms with van der Waals surface area (Å²) in [5.41, 5.74) is 0. The molecule has 2 aliphatic heterocycles. The standard InChI is InChI=1S/C11H17NO4/c1-7-4-5-12(6-7)10(13)8-2-3-9(16-8)11(14)15/h7-9H,2-6H2,1H3,(H,14,15)/t7?,8-,9+/m0/s1. The first-order chi connectivity index (χ1) is 7.58. The van der Waals surface area contributed by atoms with E-state index >= 15 is 0 Å².